The van der Waals surface area contributed by atoms with Crippen molar-refractivity contribution in [3.63, 3.8) is 0 Å². The van der Waals surface area contributed by atoms with E-state index >= 15 is 8.78 Å². The Morgan fingerprint density at radius 1 is 0.855 bits per heavy atom. The number of para-hydroxylation sites is 1. The van der Waals surface area contributed by atoms with Crippen molar-refractivity contribution in [2.45, 2.75) is 104 Å². The summed E-state index contributed by atoms with van der Waals surface area (Å²) in [4.78, 5) is 85.7. The van der Waals surface area contributed by atoms with E-state index in [2.05, 4.69) is 30.9 Å². The molecule has 5 N–H and O–H groups in total. The monoisotopic (exact) mass is 1160 g/mol. The van der Waals surface area contributed by atoms with Gasteiger partial charge >= 0.3 is 11.9 Å². The number of carbonyl (C=O) groups excluding carboxylic acids is 4. The number of halogens is 2. The molecule has 0 saturated carbocycles. The Morgan fingerprint density at radius 3 is 2.31 bits per heavy atom. The number of nitrogens with zero attached hydrogens (tertiary/aromatic N) is 5. The van der Waals surface area contributed by atoms with Crippen LogP contribution < -0.4 is 25.6 Å². The summed E-state index contributed by atoms with van der Waals surface area (Å²) in [6.45, 7) is 11.1. The number of pyridine rings is 1. The van der Waals surface area contributed by atoms with Crippen LogP contribution in [-0.4, -0.2) is 96.9 Å². The van der Waals surface area contributed by atoms with Gasteiger partial charge in [-0.2, -0.15) is 8.78 Å². The lowest BCUT2D eigenvalue weighted by Gasteiger charge is -2.36. The molecule has 2 aliphatic heterocycles. The average molecular weight is 1160 g/mol. The summed E-state index contributed by atoms with van der Waals surface area (Å²) >= 11 is 2.92. The molecule has 0 radical (unpaired) electrons. The fourth-order valence-corrected chi connectivity index (χ4v) is 12.3. The first-order valence-corrected chi connectivity index (χ1v) is 28.9. The first kappa shape index (κ1) is 57.8. The molecule has 10 rings (SSSR count). The molecule has 428 valence electrons. The molecule has 0 aliphatic carbocycles. The lowest BCUT2D eigenvalue weighted by atomic mass is 9.85. The molecule has 5 aromatic carbocycles. The number of likely N-dealkylation sites (tertiary alicyclic amines) is 1. The van der Waals surface area contributed by atoms with Gasteiger partial charge in [0.25, 0.3) is 11.8 Å². The van der Waals surface area contributed by atoms with Crippen LogP contribution in [0.2, 0.25) is 0 Å². The second kappa shape index (κ2) is 23.8. The molecule has 4 unspecified atom stereocenters. The van der Waals surface area contributed by atoms with Crippen molar-refractivity contribution in [1.29, 1.82) is 0 Å². The Balaban J connectivity index is 0.757. The minimum absolute atomic E-state index is 0.0679. The number of aromatic nitrogens is 3. The third kappa shape index (κ3) is 12.6. The number of aryl methyl sites for hydroxylation is 2. The molecule has 16 nitrogen and oxygen atoms in total. The van der Waals surface area contributed by atoms with Crippen LogP contribution in [0.3, 0.4) is 0 Å². The van der Waals surface area contributed by atoms with Gasteiger partial charge in [0.05, 0.1) is 38.4 Å². The highest BCUT2D eigenvalue weighted by Crippen LogP contribution is 2.38. The van der Waals surface area contributed by atoms with Crippen molar-refractivity contribution in [3.05, 3.63) is 172 Å². The summed E-state index contributed by atoms with van der Waals surface area (Å²) in [5.41, 5.74) is 8.43. The number of amides is 4. The highest BCUT2D eigenvalue weighted by molar-refractivity contribution is 7.22. The molecular weight excluding hydrogens is 1100 g/mol. The van der Waals surface area contributed by atoms with Crippen LogP contribution in [0, 0.1) is 19.3 Å². The highest BCUT2D eigenvalue weighted by atomic mass is 32.1. The van der Waals surface area contributed by atoms with E-state index < -0.39 is 65.7 Å². The maximum absolute atomic E-state index is 15.8. The Bertz CT molecular complexity index is 3740. The van der Waals surface area contributed by atoms with E-state index in [1.807, 2.05) is 72.5 Å². The predicted molar refractivity (Wildman–Crippen MR) is 316 cm³/mol. The normalized spacial score (nSPS) is 16.0. The number of β-amino-alcohol motifs (C(OH)–C–C–N with tert-alkyl or cyclic N) is 1. The Hall–Kier alpha value is -8.46. The number of aromatic carboxylic acids is 1. The zero-order chi connectivity index (χ0) is 58.9. The molecule has 0 bridgehead atoms. The first-order valence-electron chi connectivity index (χ1n) is 27.2. The van der Waals surface area contributed by atoms with E-state index in [-0.39, 0.29) is 31.0 Å². The van der Waals surface area contributed by atoms with E-state index in [0.29, 0.717) is 69.8 Å². The SMILES string of the molecule is Cc1ncsc1-c1ccc(C(C)NC(=O)C2CC(O)CN2C(=O)C(NC(=O)C(F)(F)CCc2ccc(Oc3cccc(-c4ccc(N5CCc6cccc(C(=O)Nc7nc8ccccc8s7)c6C5)nc4C(=O)O)c3C)cc2)C(C)(C)C)cc1. The summed E-state index contributed by atoms with van der Waals surface area (Å²) in [6, 6.07) is 33.1. The lowest BCUT2D eigenvalue weighted by molar-refractivity contribution is -0.153. The Kier molecular flexibility index (Phi) is 16.6. The number of aliphatic hydroxyl groups is 1. The number of aliphatic hydroxyl groups excluding tert-OH is 1. The van der Waals surface area contributed by atoms with Gasteiger partial charge in [-0.05, 0) is 127 Å². The second-order valence-electron chi connectivity index (χ2n) is 22.1. The predicted octanol–water partition coefficient (Wildman–Crippen LogP) is 11.3. The van der Waals surface area contributed by atoms with Crippen LogP contribution in [-0.2, 0) is 33.8 Å². The van der Waals surface area contributed by atoms with Crippen molar-refractivity contribution in [1.82, 2.24) is 30.5 Å². The summed E-state index contributed by atoms with van der Waals surface area (Å²) in [5.74, 6) is -7.11. The number of rotatable bonds is 17. The number of hydrogen-bond acceptors (Lipinski definition) is 13. The van der Waals surface area contributed by atoms with Gasteiger partial charge in [0.15, 0.2) is 10.8 Å². The number of fused-ring (bicyclic) bond motifs is 2. The second-order valence-corrected chi connectivity index (χ2v) is 24.0. The maximum atomic E-state index is 15.8. The zero-order valence-electron chi connectivity index (χ0n) is 46.5. The molecule has 4 amide bonds. The van der Waals surface area contributed by atoms with E-state index in [9.17, 15) is 34.2 Å². The number of alkyl halides is 2. The summed E-state index contributed by atoms with van der Waals surface area (Å²) in [7, 11) is 0. The minimum Gasteiger partial charge on any atom is -0.476 e. The van der Waals surface area contributed by atoms with Crippen LogP contribution in [0.4, 0.5) is 19.7 Å². The van der Waals surface area contributed by atoms with E-state index in [1.165, 1.54) is 27.6 Å². The lowest BCUT2D eigenvalue weighted by Crippen LogP contribution is -2.59. The average Bonchev–Trinajstić information content (AvgIpc) is 4.33. The topological polar surface area (TPSA) is 216 Å². The van der Waals surface area contributed by atoms with Crippen molar-refractivity contribution in [2.75, 3.05) is 23.3 Å². The first-order chi connectivity index (χ1) is 39.6. The smallest absolute Gasteiger partial charge is 0.355 e. The number of anilines is 2. The maximum Gasteiger partial charge on any atom is 0.355 e. The highest BCUT2D eigenvalue weighted by Gasteiger charge is 2.48. The number of benzene rings is 5. The number of carboxylic acids is 1. The van der Waals surface area contributed by atoms with Crippen LogP contribution in [0.1, 0.15) is 101 Å². The van der Waals surface area contributed by atoms with Crippen molar-refractivity contribution in [3.8, 4) is 33.1 Å². The van der Waals surface area contributed by atoms with Gasteiger partial charge < -0.3 is 35.4 Å². The molecule has 0 spiro atoms. The fraction of sp³-hybridized carbons (Fsp3) is 0.302. The van der Waals surface area contributed by atoms with Crippen LogP contribution in [0.15, 0.2) is 127 Å². The number of carbonyl (C=O) groups is 5. The third-order valence-electron chi connectivity index (χ3n) is 15.3. The molecule has 20 heteroatoms. The van der Waals surface area contributed by atoms with Gasteiger partial charge in [-0.3, -0.25) is 24.5 Å². The van der Waals surface area contributed by atoms with E-state index in [1.54, 1.807) is 101 Å². The third-order valence-corrected chi connectivity index (χ3v) is 17.2. The minimum atomic E-state index is -3.90. The van der Waals surface area contributed by atoms with Crippen LogP contribution in [0.5, 0.6) is 11.5 Å². The van der Waals surface area contributed by atoms with Crippen LogP contribution in [0.25, 0.3) is 31.8 Å². The number of nitrogens with one attached hydrogen (secondary N) is 3. The van der Waals surface area contributed by atoms with Gasteiger partial charge in [0, 0.05) is 43.6 Å². The van der Waals surface area contributed by atoms with Crippen molar-refractivity contribution >= 4 is 73.4 Å². The molecule has 2 aliphatic rings. The molecule has 83 heavy (non-hydrogen) atoms. The molecule has 8 aromatic rings. The summed E-state index contributed by atoms with van der Waals surface area (Å²) in [5, 5.41) is 29.9. The Morgan fingerprint density at radius 2 is 1.60 bits per heavy atom. The molecule has 1 fully saturated rings. The standard InChI is InChI=1S/C63H62F2N8O8S2/c1-35-44(45-25-26-52(69-53(45)59(78)79)72-30-28-40-11-9-13-46(47(40)33-72)56(75)71-61-68-48-14-7-8-16-51(48)83-61)12-10-15-50(35)81-43-23-17-38(18-24-43)27-29-63(64,65)60(80)70-55(62(4,5)6)58(77)73-32-42(74)31-49(73)57(76)67-36(2)39-19-21-41(22-20-39)54-37(3)66-34-82-54/h7-26,34,36,42,49,55,74H,27-33H2,1-6H3,(H,67,76)(H,70,80)(H,78,79)(H,68,71,75). The number of ether oxygens (including phenoxy) is 1. The summed E-state index contributed by atoms with van der Waals surface area (Å²) < 4.78 is 38.9. The van der Waals surface area contributed by atoms with Gasteiger partial charge in [0.1, 0.15) is 29.4 Å². The van der Waals surface area contributed by atoms with Crippen molar-refractivity contribution in [2.24, 2.45) is 5.41 Å². The largest absolute Gasteiger partial charge is 0.476 e. The van der Waals surface area contributed by atoms with Gasteiger partial charge in [0.2, 0.25) is 11.8 Å². The van der Waals surface area contributed by atoms with Gasteiger partial charge in [-0.1, -0.05) is 105 Å². The van der Waals surface area contributed by atoms with Crippen molar-refractivity contribution < 1.29 is 47.7 Å². The van der Waals surface area contributed by atoms with E-state index in [4.69, 9.17) is 4.74 Å². The van der Waals surface area contributed by atoms with E-state index in [0.717, 1.165) is 43.0 Å². The molecule has 1 saturated heterocycles. The molecular formula is C63H62F2N8O8S2. The number of carboxylic acid groups (broad SMARTS) is 1. The number of hydrogen-bond donors (Lipinski definition) is 5. The van der Waals surface area contributed by atoms with Crippen LogP contribution >= 0.6 is 22.7 Å². The fourth-order valence-electron chi connectivity index (χ4n) is 10.6. The molecule has 3 aromatic heterocycles. The Labute approximate surface area is 486 Å². The van der Waals surface area contributed by atoms with Gasteiger partial charge in [-0.15, -0.1) is 11.3 Å². The zero-order valence-corrected chi connectivity index (χ0v) is 48.2. The quantitative estimate of drug-likeness (QED) is 0.0576. The van der Waals surface area contributed by atoms with Gasteiger partial charge in [-0.25, -0.2) is 19.7 Å². The molecule has 4 atom stereocenters. The molecule has 5 heterocycles. The number of thiazole rings is 2. The summed E-state index contributed by atoms with van der Waals surface area (Å²) in [6.07, 6.45) is -1.59.